The predicted octanol–water partition coefficient (Wildman–Crippen LogP) is 2.05. The van der Waals surface area contributed by atoms with Crippen LogP contribution in [0.15, 0.2) is 48.3 Å². The highest BCUT2D eigenvalue weighted by Gasteiger charge is 2.35. The Morgan fingerprint density at radius 2 is 1.96 bits per heavy atom. The van der Waals surface area contributed by atoms with E-state index in [-0.39, 0.29) is 12.2 Å². The molecule has 0 saturated heterocycles. The molecule has 0 fully saturated rings. The summed E-state index contributed by atoms with van der Waals surface area (Å²) in [5.74, 6) is -0.567. The Labute approximate surface area is 151 Å². The number of anilines is 1. The van der Waals surface area contributed by atoms with Crippen LogP contribution in [0.4, 0.5) is 5.69 Å². The minimum absolute atomic E-state index is 0.208. The molecule has 1 atom stereocenters. The predicted molar refractivity (Wildman–Crippen MR) is 96.3 cm³/mol. The van der Waals surface area contributed by atoms with Gasteiger partial charge in [0.1, 0.15) is 5.25 Å². The van der Waals surface area contributed by atoms with Crippen LogP contribution < -0.4 is 4.72 Å². The van der Waals surface area contributed by atoms with Gasteiger partial charge in [0.2, 0.25) is 10.0 Å². The van der Waals surface area contributed by atoms with Crippen molar-refractivity contribution in [3.05, 3.63) is 48.3 Å². The van der Waals surface area contributed by atoms with Gasteiger partial charge in [0.25, 0.3) is 0 Å². The van der Waals surface area contributed by atoms with Gasteiger partial charge in [-0.15, -0.1) is 0 Å². The molecule has 2 aromatic rings. The van der Waals surface area contributed by atoms with Crippen LogP contribution in [-0.2, 0) is 19.6 Å². The van der Waals surface area contributed by atoms with E-state index in [0.29, 0.717) is 30.6 Å². The van der Waals surface area contributed by atoms with E-state index in [2.05, 4.69) is 14.9 Å². The van der Waals surface area contributed by atoms with Crippen LogP contribution in [0.2, 0.25) is 0 Å². The quantitative estimate of drug-likeness (QED) is 0.774. The molecule has 9 heteroatoms. The van der Waals surface area contributed by atoms with Gasteiger partial charge >= 0.3 is 5.97 Å². The maximum atomic E-state index is 12.8. The fourth-order valence-corrected chi connectivity index (χ4v) is 4.46. The number of nitrogens with one attached hydrogen (secondary N) is 1. The van der Waals surface area contributed by atoms with Crippen LogP contribution in [0.5, 0.6) is 0 Å². The van der Waals surface area contributed by atoms with E-state index in [0.717, 1.165) is 0 Å². The zero-order chi connectivity index (χ0) is 18.6. The molecule has 1 aliphatic carbocycles. The lowest BCUT2D eigenvalue weighted by Crippen LogP contribution is -2.34. The van der Waals surface area contributed by atoms with Crippen LogP contribution in [0.1, 0.15) is 26.2 Å². The van der Waals surface area contributed by atoms with Crippen molar-refractivity contribution < 1.29 is 17.9 Å². The Kier molecular flexibility index (Phi) is 5.36. The van der Waals surface area contributed by atoms with Gasteiger partial charge in [0, 0.05) is 5.69 Å². The van der Waals surface area contributed by atoms with E-state index >= 15 is 0 Å². The number of ether oxygens (including phenoxy) is 1. The SMILES string of the molecule is CCOC(=O)C1=CCCCC1S(=O)(=O)Nc1ccc(-n2nccn2)cc1. The Morgan fingerprint density at radius 1 is 1.27 bits per heavy atom. The first-order valence-electron chi connectivity index (χ1n) is 8.37. The normalized spacial score (nSPS) is 17.4. The van der Waals surface area contributed by atoms with Gasteiger partial charge in [0.15, 0.2) is 0 Å². The van der Waals surface area contributed by atoms with Gasteiger partial charge in [-0.1, -0.05) is 6.08 Å². The first kappa shape index (κ1) is 18.1. The van der Waals surface area contributed by atoms with Gasteiger partial charge in [-0.25, -0.2) is 13.2 Å². The molecule has 0 amide bonds. The largest absolute Gasteiger partial charge is 0.463 e. The number of esters is 1. The zero-order valence-corrected chi connectivity index (χ0v) is 15.1. The van der Waals surface area contributed by atoms with E-state index in [9.17, 15) is 13.2 Å². The average Bonchev–Trinajstić information content (AvgIpc) is 3.17. The minimum Gasteiger partial charge on any atom is -0.463 e. The lowest BCUT2D eigenvalue weighted by Gasteiger charge is -2.23. The second-order valence-electron chi connectivity index (χ2n) is 5.81. The number of sulfonamides is 1. The summed E-state index contributed by atoms with van der Waals surface area (Å²) >= 11 is 0. The molecule has 0 saturated carbocycles. The van der Waals surface area contributed by atoms with Crippen molar-refractivity contribution in [3.63, 3.8) is 0 Å². The first-order chi connectivity index (χ1) is 12.5. The van der Waals surface area contributed by atoms with E-state index < -0.39 is 21.2 Å². The van der Waals surface area contributed by atoms with E-state index in [4.69, 9.17) is 4.74 Å². The van der Waals surface area contributed by atoms with E-state index in [1.807, 2.05) is 0 Å². The average molecular weight is 376 g/mol. The standard InChI is InChI=1S/C17H20N4O4S/c1-2-25-17(22)15-5-3-4-6-16(15)26(23,24)20-13-7-9-14(10-8-13)21-18-11-12-19-21/h5,7-12,16,20H,2-4,6H2,1H3. The number of hydrogen-bond donors (Lipinski definition) is 1. The molecule has 1 heterocycles. The monoisotopic (exact) mass is 376 g/mol. The first-order valence-corrected chi connectivity index (χ1v) is 9.91. The topological polar surface area (TPSA) is 103 Å². The van der Waals surface area contributed by atoms with Crippen molar-refractivity contribution >= 4 is 21.7 Å². The number of aromatic nitrogens is 3. The molecule has 0 bridgehead atoms. The summed E-state index contributed by atoms with van der Waals surface area (Å²) in [7, 11) is -3.77. The Bertz CT molecular complexity index is 889. The van der Waals surface area contributed by atoms with E-state index in [1.165, 1.54) is 4.80 Å². The highest BCUT2D eigenvalue weighted by atomic mass is 32.2. The summed E-state index contributed by atoms with van der Waals surface area (Å²) in [6, 6.07) is 6.68. The van der Waals surface area contributed by atoms with Crippen LogP contribution >= 0.6 is 0 Å². The van der Waals surface area contributed by atoms with Crippen molar-refractivity contribution in [1.29, 1.82) is 0 Å². The molecule has 8 nitrogen and oxygen atoms in total. The van der Waals surface area contributed by atoms with Crippen LogP contribution in [-0.4, -0.2) is 41.2 Å². The van der Waals surface area contributed by atoms with Gasteiger partial charge < -0.3 is 4.74 Å². The smallest absolute Gasteiger partial charge is 0.335 e. The summed E-state index contributed by atoms with van der Waals surface area (Å²) in [5.41, 5.74) is 1.33. The molecule has 1 aromatic heterocycles. The maximum Gasteiger partial charge on any atom is 0.335 e. The summed E-state index contributed by atoms with van der Waals surface area (Å²) in [6.07, 6.45) is 6.54. The van der Waals surface area contributed by atoms with Crippen LogP contribution in [0.25, 0.3) is 5.69 Å². The van der Waals surface area contributed by atoms with Crippen LogP contribution in [0, 0.1) is 0 Å². The van der Waals surface area contributed by atoms with Crippen molar-refractivity contribution in [2.24, 2.45) is 0 Å². The summed E-state index contributed by atoms with van der Waals surface area (Å²) in [6.45, 7) is 1.90. The molecular weight excluding hydrogens is 356 g/mol. The molecule has 3 rings (SSSR count). The summed E-state index contributed by atoms with van der Waals surface area (Å²) in [5, 5.41) is 7.12. The lowest BCUT2D eigenvalue weighted by molar-refractivity contribution is -0.138. The fraction of sp³-hybridized carbons (Fsp3) is 0.353. The number of nitrogens with zero attached hydrogens (tertiary/aromatic N) is 3. The molecule has 26 heavy (non-hydrogen) atoms. The summed E-state index contributed by atoms with van der Waals surface area (Å²) in [4.78, 5) is 13.5. The van der Waals surface area contributed by atoms with Crippen molar-refractivity contribution in [3.8, 4) is 5.69 Å². The van der Waals surface area contributed by atoms with Crippen molar-refractivity contribution in [2.75, 3.05) is 11.3 Å². The third-order valence-electron chi connectivity index (χ3n) is 4.04. The van der Waals surface area contributed by atoms with Crippen molar-refractivity contribution in [1.82, 2.24) is 15.0 Å². The molecule has 1 aliphatic rings. The number of benzene rings is 1. The van der Waals surface area contributed by atoms with Crippen molar-refractivity contribution in [2.45, 2.75) is 31.4 Å². The second-order valence-corrected chi connectivity index (χ2v) is 7.68. The van der Waals surface area contributed by atoms with Gasteiger partial charge in [-0.2, -0.15) is 15.0 Å². The maximum absolute atomic E-state index is 12.8. The summed E-state index contributed by atoms with van der Waals surface area (Å²) < 4.78 is 33.2. The molecular formula is C17H20N4O4S. The Morgan fingerprint density at radius 3 is 2.62 bits per heavy atom. The number of rotatable bonds is 6. The molecule has 1 aromatic carbocycles. The molecule has 0 aliphatic heterocycles. The molecule has 1 N–H and O–H groups in total. The molecule has 138 valence electrons. The Balaban J connectivity index is 1.78. The molecule has 1 unspecified atom stereocenters. The number of carbonyl (C=O) groups excluding carboxylic acids is 1. The molecule has 0 spiro atoms. The second kappa shape index (κ2) is 7.69. The third-order valence-corrected chi connectivity index (χ3v) is 5.80. The van der Waals surface area contributed by atoms with Gasteiger partial charge in [-0.05, 0) is 50.5 Å². The highest BCUT2D eigenvalue weighted by molar-refractivity contribution is 7.93. The Hall–Kier alpha value is -2.68. The van der Waals surface area contributed by atoms with E-state index in [1.54, 1.807) is 49.7 Å². The third kappa shape index (κ3) is 3.93. The van der Waals surface area contributed by atoms with Gasteiger partial charge in [-0.3, -0.25) is 4.72 Å². The van der Waals surface area contributed by atoms with Crippen LogP contribution in [0.3, 0.4) is 0 Å². The minimum atomic E-state index is -3.77. The zero-order valence-electron chi connectivity index (χ0n) is 14.3. The lowest BCUT2D eigenvalue weighted by atomic mass is 9.99. The fourth-order valence-electron chi connectivity index (χ4n) is 2.85. The molecule has 0 radical (unpaired) electrons. The number of allylic oxidation sites excluding steroid dienone is 1. The highest BCUT2D eigenvalue weighted by Crippen LogP contribution is 2.27. The number of hydrogen-bond acceptors (Lipinski definition) is 6. The number of carbonyl (C=O) groups is 1. The van der Waals surface area contributed by atoms with Gasteiger partial charge in [0.05, 0.1) is 30.3 Å².